The van der Waals surface area contributed by atoms with E-state index in [1.54, 1.807) is 0 Å². The number of sulfone groups is 2. The van der Waals surface area contributed by atoms with Gasteiger partial charge in [-0.1, -0.05) is 11.6 Å². The van der Waals surface area contributed by atoms with E-state index in [1.807, 2.05) is 0 Å². The summed E-state index contributed by atoms with van der Waals surface area (Å²) in [5.41, 5.74) is -1.27. The maximum absolute atomic E-state index is 13.6. The summed E-state index contributed by atoms with van der Waals surface area (Å²) in [5.74, 6) is -3.84. The topological polar surface area (TPSA) is 118 Å². The molecule has 2 aliphatic carbocycles. The van der Waals surface area contributed by atoms with Crippen LogP contribution in [0.15, 0.2) is 41.3 Å². The van der Waals surface area contributed by atoms with Gasteiger partial charge >= 0.3 is 0 Å². The van der Waals surface area contributed by atoms with Gasteiger partial charge in [-0.15, -0.1) is 0 Å². The van der Waals surface area contributed by atoms with Crippen LogP contribution >= 0.6 is 11.6 Å². The first-order chi connectivity index (χ1) is 16.7. The fraction of sp³-hybridized carbons (Fsp3) is 0.458. The molecular weight excluding hydrogens is 536 g/mol. The molecule has 0 radical (unpaired) electrons. The van der Waals surface area contributed by atoms with Crippen LogP contribution in [0.4, 0.5) is 14.5 Å². The van der Waals surface area contributed by atoms with Crippen molar-refractivity contribution < 1.29 is 35.5 Å². The zero-order valence-electron chi connectivity index (χ0n) is 19.4. The van der Waals surface area contributed by atoms with Crippen LogP contribution < -0.4 is 5.32 Å². The molecule has 12 heteroatoms. The minimum absolute atomic E-state index is 0.00417. The van der Waals surface area contributed by atoms with Gasteiger partial charge in [0.2, 0.25) is 0 Å². The number of carbonyl (C=O) groups excluding carboxylic acids is 1. The quantitative estimate of drug-likeness (QED) is 0.528. The highest BCUT2D eigenvalue weighted by Crippen LogP contribution is 2.53. The third kappa shape index (κ3) is 5.29. The van der Waals surface area contributed by atoms with Gasteiger partial charge in [0.25, 0.3) is 5.91 Å². The van der Waals surface area contributed by atoms with Crippen molar-refractivity contribution in [2.75, 3.05) is 17.3 Å². The number of hydrogen-bond acceptors (Lipinski definition) is 6. The van der Waals surface area contributed by atoms with Gasteiger partial charge in [-0.25, -0.2) is 25.6 Å². The molecule has 36 heavy (non-hydrogen) atoms. The standard InChI is InChI=1S/C24H26ClF2NO6S2/c1-35(31,32)9-8-24(30)15-3-4-16(24)12-18(11-15)36(33,34)22-10-14(2-6-19(22)25)23(29)28-17-5-7-20(26)21(27)13-17/h2,5-7,10,13,15-16,18,30H,3-4,8-9,11-12H2,1H3,(H,28,29)/t15-,16?,18?,24?/m0/s1. The Bertz CT molecular complexity index is 1400. The summed E-state index contributed by atoms with van der Waals surface area (Å²) >= 11 is 6.23. The molecule has 2 aromatic carbocycles. The average molecular weight is 562 g/mol. The van der Waals surface area contributed by atoms with E-state index in [4.69, 9.17) is 11.6 Å². The van der Waals surface area contributed by atoms with Crippen molar-refractivity contribution in [1.29, 1.82) is 0 Å². The molecule has 196 valence electrons. The van der Waals surface area contributed by atoms with E-state index in [1.165, 1.54) is 18.2 Å². The fourth-order valence-electron chi connectivity index (χ4n) is 5.44. The number of hydrogen-bond donors (Lipinski definition) is 2. The number of nitrogens with one attached hydrogen (secondary N) is 1. The molecule has 0 spiro atoms. The molecule has 2 aromatic rings. The Morgan fingerprint density at radius 3 is 2.28 bits per heavy atom. The van der Waals surface area contributed by atoms with Gasteiger partial charge in [-0.3, -0.25) is 4.79 Å². The summed E-state index contributed by atoms with van der Waals surface area (Å²) in [6, 6.07) is 6.60. The minimum Gasteiger partial charge on any atom is -0.389 e. The van der Waals surface area contributed by atoms with E-state index >= 15 is 0 Å². The lowest BCUT2D eigenvalue weighted by Crippen LogP contribution is -2.49. The second-order valence-corrected chi connectivity index (χ2v) is 14.6. The molecule has 2 aliphatic rings. The van der Waals surface area contributed by atoms with Crippen LogP contribution in [0.2, 0.25) is 5.02 Å². The molecule has 4 atom stereocenters. The van der Waals surface area contributed by atoms with Crippen LogP contribution in [0.25, 0.3) is 0 Å². The maximum atomic E-state index is 13.6. The van der Waals surface area contributed by atoms with Crippen LogP contribution in [0.1, 0.15) is 42.5 Å². The lowest BCUT2D eigenvalue weighted by molar-refractivity contribution is -0.0603. The van der Waals surface area contributed by atoms with Gasteiger partial charge in [0, 0.05) is 23.6 Å². The first-order valence-corrected chi connectivity index (χ1v) is 15.4. The molecule has 0 aliphatic heterocycles. The Hall–Kier alpha value is -2.08. The highest BCUT2D eigenvalue weighted by atomic mass is 35.5. The van der Waals surface area contributed by atoms with E-state index in [9.17, 15) is 35.5 Å². The first kappa shape index (κ1) is 27.0. The summed E-state index contributed by atoms with van der Waals surface area (Å²) < 4.78 is 77.1. The van der Waals surface area contributed by atoms with Gasteiger partial charge in [0.05, 0.1) is 26.5 Å². The number of amides is 1. The Labute approximate surface area is 213 Å². The summed E-state index contributed by atoms with van der Waals surface area (Å²) in [4.78, 5) is 12.5. The van der Waals surface area contributed by atoms with Crippen molar-refractivity contribution in [3.63, 3.8) is 0 Å². The van der Waals surface area contributed by atoms with E-state index in [2.05, 4.69) is 5.32 Å². The molecule has 2 bridgehead atoms. The van der Waals surface area contributed by atoms with Crippen LogP contribution in [0.3, 0.4) is 0 Å². The average Bonchev–Trinajstić information content (AvgIpc) is 2.96. The molecule has 1 amide bonds. The number of fused-ring (bicyclic) bond motifs is 2. The Balaban J connectivity index is 1.56. The predicted molar refractivity (Wildman–Crippen MR) is 131 cm³/mol. The van der Waals surface area contributed by atoms with Crippen molar-refractivity contribution in [2.24, 2.45) is 11.8 Å². The van der Waals surface area contributed by atoms with Crippen LogP contribution in [0, 0.1) is 23.5 Å². The zero-order chi connectivity index (χ0) is 26.5. The largest absolute Gasteiger partial charge is 0.389 e. The number of anilines is 1. The van der Waals surface area contributed by atoms with E-state index in [0.717, 1.165) is 24.5 Å². The normalized spacial score (nSPS) is 26.1. The number of rotatable bonds is 7. The third-order valence-electron chi connectivity index (χ3n) is 7.36. The zero-order valence-corrected chi connectivity index (χ0v) is 21.8. The van der Waals surface area contributed by atoms with Gasteiger partial charge in [0.1, 0.15) is 9.84 Å². The summed E-state index contributed by atoms with van der Waals surface area (Å²) in [6.45, 7) is 0. The van der Waals surface area contributed by atoms with Crippen LogP contribution in [0.5, 0.6) is 0 Å². The van der Waals surface area contributed by atoms with E-state index in [-0.39, 0.29) is 58.0 Å². The fourth-order valence-corrected chi connectivity index (χ4v) is 8.54. The number of halogens is 3. The van der Waals surface area contributed by atoms with E-state index in [0.29, 0.717) is 12.8 Å². The Morgan fingerprint density at radius 2 is 1.69 bits per heavy atom. The predicted octanol–water partition coefficient (Wildman–Crippen LogP) is 4.00. The maximum Gasteiger partial charge on any atom is 0.255 e. The van der Waals surface area contributed by atoms with Crippen molar-refractivity contribution in [3.05, 3.63) is 58.6 Å². The van der Waals surface area contributed by atoms with Gasteiger partial charge in [-0.2, -0.15) is 0 Å². The molecular formula is C24H26ClF2NO6S2. The Morgan fingerprint density at radius 1 is 1.06 bits per heavy atom. The summed E-state index contributed by atoms with van der Waals surface area (Å²) in [7, 11) is -7.29. The summed E-state index contributed by atoms with van der Waals surface area (Å²) in [6.07, 6.45) is 2.67. The molecule has 2 N–H and O–H groups in total. The van der Waals surface area contributed by atoms with Gasteiger partial charge in [0.15, 0.2) is 21.5 Å². The highest BCUT2D eigenvalue weighted by molar-refractivity contribution is 7.92. The van der Waals surface area contributed by atoms with Crippen molar-refractivity contribution in [1.82, 2.24) is 0 Å². The lowest BCUT2D eigenvalue weighted by Gasteiger charge is -2.42. The lowest BCUT2D eigenvalue weighted by atomic mass is 9.73. The molecule has 0 heterocycles. The number of carbonyl (C=O) groups is 1. The third-order valence-corrected chi connectivity index (χ3v) is 11.0. The number of aliphatic hydroxyl groups is 1. The van der Waals surface area contributed by atoms with Crippen molar-refractivity contribution >= 4 is 42.9 Å². The Kier molecular flexibility index (Phi) is 7.24. The molecule has 0 aromatic heterocycles. The summed E-state index contributed by atoms with van der Waals surface area (Å²) in [5, 5.41) is 12.7. The van der Waals surface area contributed by atoms with Gasteiger partial charge < -0.3 is 10.4 Å². The van der Waals surface area contributed by atoms with Crippen molar-refractivity contribution in [3.8, 4) is 0 Å². The molecule has 7 nitrogen and oxygen atoms in total. The monoisotopic (exact) mass is 561 g/mol. The molecule has 2 fully saturated rings. The number of benzene rings is 2. The smallest absolute Gasteiger partial charge is 0.255 e. The van der Waals surface area contributed by atoms with Gasteiger partial charge in [-0.05, 0) is 74.3 Å². The van der Waals surface area contributed by atoms with Crippen molar-refractivity contribution in [2.45, 2.75) is 47.9 Å². The molecule has 2 saturated carbocycles. The highest BCUT2D eigenvalue weighted by Gasteiger charge is 2.55. The molecule has 3 unspecified atom stereocenters. The minimum atomic E-state index is -4.00. The van der Waals surface area contributed by atoms with Crippen LogP contribution in [-0.2, 0) is 19.7 Å². The van der Waals surface area contributed by atoms with E-state index < -0.39 is 48.1 Å². The van der Waals surface area contributed by atoms with Crippen LogP contribution in [-0.4, -0.2) is 50.7 Å². The second-order valence-electron chi connectivity index (χ2n) is 9.71. The first-order valence-electron chi connectivity index (χ1n) is 11.4. The molecule has 0 saturated heterocycles. The molecule has 4 rings (SSSR count). The second kappa shape index (κ2) is 9.66. The SMILES string of the molecule is CS(=O)(=O)CCC1(O)C2CC[C@H]1CC(S(=O)(=O)c1cc(C(=O)Nc3ccc(F)c(F)c3)ccc1Cl)C2.